The SMILES string of the molecule is C[NH+](C)C1=NCC(C)(C)N1.[I-]. The van der Waals surface area contributed by atoms with E-state index in [0.29, 0.717) is 0 Å². The second-order valence-corrected chi connectivity index (χ2v) is 3.67. The van der Waals surface area contributed by atoms with E-state index in [1.54, 1.807) is 0 Å². The Morgan fingerprint density at radius 2 is 2.00 bits per heavy atom. The standard InChI is InChI=1S/C7H15N3.HI/c1-7(2)5-8-6(9-7)10(3)4;/h5H2,1-4H3,(H,8,9);1H. The van der Waals surface area contributed by atoms with Gasteiger partial charge in [0.05, 0.1) is 26.2 Å². The van der Waals surface area contributed by atoms with E-state index in [4.69, 9.17) is 0 Å². The van der Waals surface area contributed by atoms with Gasteiger partial charge >= 0.3 is 0 Å². The van der Waals surface area contributed by atoms with Gasteiger partial charge < -0.3 is 29.3 Å². The van der Waals surface area contributed by atoms with E-state index in [-0.39, 0.29) is 29.5 Å². The van der Waals surface area contributed by atoms with Crippen LogP contribution in [0.25, 0.3) is 0 Å². The third-order valence-electron chi connectivity index (χ3n) is 1.56. The number of guanidine groups is 1. The Morgan fingerprint density at radius 1 is 1.45 bits per heavy atom. The maximum absolute atomic E-state index is 4.36. The van der Waals surface area contributed by atoms with E-state index in [0.717, 1.165) is 12.5 Å². The summed E-state index contributed by atoms with van der Waals surface area (Å²) < 4.78 is 0. The molecule has 66 valence electrons. The molecule has 0 unspecified atom stereocenters. The highest BCUT2D eigenvalue weighted by atomic mass is 127. The Bertz CT molecular complexity index is 163. The van der Waals surface area contributed by atoms with Crippen molar-refractivity contribution in [1.82, 2.24) is 5.32 Å². The van der Waals surface area contributed by atoms with Gasteiger partial charge in [-0.2, -0.15) is 0 Å². The van der Waals surface area contributed by atoms with Gasteiger partial charge in [-0.1, -0.05) is 0 Å². The third-order valence-corrected chi connectivity index (χ3v) is 1.56. The van der Waals surface area contributed by atoms with E-state index >= 15 is 0 Å². The topological polar surface area (TPSA) is 28.8 Å². The first-order chi connectivity index (χ1) is 4.51. The molecule has 0 saturated carbocycles. The number of nitrogens with one attached hydrogen (secondary N) is 2. The van der Waals surface area contributed by atoms with Crippen molar-refractivity contribution < 1.29 is 28.9 Å². The zero-order chi connectivity index (χ0) is 7.78. The minimum Gasteiger partial charge on any atom is -1.00 e. The van der Waals surface area contributed by atoms with Crippen LogP contribution < -0.4 is 34.2 Å². The lowest BCUT2D eigenvalue weighted by Crippen LogP contribution is -3.10. The second kappa shape index (κ2) is 3.71. The molecule has 0 fully saturated rings. The molecule has 0 aromatic carbocycles. The minimum absolute atomic E-state index is 0. The van der Waals surface area contributed by atoms with Crippen molar-refractivity contribution in [1.29, 1.82) is 0 Å². The molecule has 0 spiro atoms. The highest BCUT2D eigenvalue weighted by Gasteiger charge is 2.28. The van der Waals surface area contributed by atoms with Crippen LogP contribution in [0.3, 0.4) is 0 Å². The van der Waals surface area contributed by atoms with Crippen LogP contribution in [-0.2, 0) is 0 Å². The van der Waals surface area contributed by atoms with Crippen LogP contribution in [0.2, 0.25) is 0 Å². The van der Waals surface area contributed by atoms with Crippen LogP contribution in [0.1, 0.15) is 13.8 Å². The Labute approximate surface area is 85.3 Å². The highest BCUT2D eigenvalue weighted by molar-refractivity contribution is 5.73. The molecule has 11 heavy (non-hydrogen) atoms. The smallest absolute Gasteiger partial charge is 0.296 e. The summed E-state index contributed by atoms with van der Waals surface area (Å²) in [4.78, 5) is 5.63. The molecule has 1 aliphatic heterocycles. The molecule has 0 aromatic rings. The molecule has 1 aliphatic rings. The molecule has 0 saturated heterocycles. The van der Waals surface area contributed by atoms with Crippen molar-refractivity contribution in [2.75, 3.05) is 20.6 Å². The number of nitrogens with zero attached hydrogens (tertiary/aromatic N) is 1. The molecule has 3 nitrogen and oxygen atoms in total. The van der Waals surface area contributed by atoms with Crippen LogP contribution >= 0.6 is 0 Å². The van der Waals surface area contributed by atoms with Crippen molar-refractivity contribution in [2.45, 2.75) is 19.4 Å². The lowest BCUT2D eigenvalue weighted by Gasteiger charge is -2.17. The Hall–Kier alpha value is 0.160. The summed E-state index contributed by atoms with van der Waals surface area (Å²) in [5.41, 5.74) is 0.173. The van der Waals surface area contributed by atoms with Crippen LogP contribution in [0.15, 0.2) is 4.99 Å². The zero-order valence-electron chi connectivity index (χ0n) is 7.53. The fourth-order valence-electron chi connectivity index (χ4n) is 0.959. The number of halogens is 1. The average molecular weight is 269 g/mol. The minimum atomic E-state index is 0. The summed E-state index contributed by atoms with van der Waals surface area (Å²) in [6, 6.07) is 0. The first kappa shape index (κ1) is 11.2. The van der Waals surface area contributed by atoms with Gasteiger partial charge in [-0.25, -0.2) is 4.99 Å². The van der Waals surface area contributed by atoms with E-state index in [1.165, 1.54) is 4.90 Å². The maximum atomic E-state index is 4.36. The highest BCUT2D eigenvalue weighted by Crippen LogP contribution is 2.05. The van der Waals surface area contributed by atoms with Crippen molar-refractivity contribution >= 4 is 5.96 Å². The van der Waals surface area contributed by atoms with Gasteiger partial charge in [0.1, 0.15) is 0 Å². The van der Waals surface area contributed by atoms with E-state index < -0.39 is 0 Å². The Kier molecular flexibility index (Phi) is 3.76. The quantitative estimate of drug-likeness (QED) is 0.430. The van der Waals surface area contributed by atoms with Crippen molar-refractivity contribution in [3.63, 3.8) is 0 Å². The number of hydrogen-bond acceptors (Lipinski definition) is 2. The van der Waals surface area contributed by atoms with Crippen molar-refractivity contribution in [3.8, 4) is 0 Å². The summed E-state index contributed by atoms with van der Waals surface area (Å²) in [6.45, 7) is 5.21. The lowest BCUT2D eigenvalue weighted by molar-refractivity contribution is -0.760. The molecule has 1 rings (SSSR count). The molecule has 0 aliphatic carbocycles. The number of aliphatic imine (C=N–C) groups is 1. The van der Waals surface area contributed by atoms with Gasteiger partial charge in [0.15, 0.2) is 0 Å². The Balaban J connectivity index is 0.000001000. The van der Waals surface area contributed by atoms with Gasteiger partial charge in [0, 0.05) is 0 Å². The predicted molar refractivity (Wildman–Crippen MR) is 42.3 cm³/mol. The van der Waals surface area contributed by atoms with Crippen LogP contribution in [0, 0.1) is 0 Å². The van der Waals surface area contributed by atoms with Crippen LogP contribution in [-0.4, -0.2) is 32.1 Å². The van der Waals surface area contributed by atoms with Gasteiger partial charge in [-0.05, 0) is 13.8 Å². The molecule has 0 aromatic heterocycles. The molecular formula is C7H16IN3. The summed E-state index contributed by atoms with van der Waals surface area (Å²) in [5.74, 6) is 1.07. The summed E-state index contributed by atoms with van der Waals surface area (Å²) in [6.07, 6.45) is 0. The number of quaternary nitrogens is 1. The molecule has 0 radical (unpaired) electrons. The van der Waals surface area contributed by atoms with Crippen LogP contribution in [0.5, 0.6) is 0 Å². The molecule has 4 heteroatoms. The fourth-order valence-corrected chi connectivity index (χ4v) is 0.959. The molecule has 2 N–H and O–H groups in total. The molecule has 0 amide bonds. The van der Waals surface area contributed by atoms with Crippen molar-refractivity contribution in [3.05, 3.63) is 0 Å². The first-order valence-electron chi connectivity index (χ1n) is 3.64. The van der Waals surface area contributed by atoms with E-state index in [9.17, 15) is 0 Å². The molecule has 1 heterocycles. The van der Waals surface area contributed by atoms with Gasteiger partial charge in [-0.15, -0.1) is 0 Å². The van der Waals surface area contributed by atoms with Gasteiger partial charge in [0.2, 0.25) is 0 Å². The summed E-state index contributed by atoms with van der Waals surface area (Å²) >= 11 is 0. The normalized spacial score (nSPS) is 20.6. The van der Waals surface area contributed by atoms with Gasteiger partial charge in [0.25, 0.3) is 5.96 Å². The largest absolute Gasteiger partial charge is 1.00 e. The summed E-state index contributed by atoms with van der Waals surface area (Å²) in [5, 5.41) is 3.34. The molecule has 0 atom stereocenters. The Morgan fingerprint density at radius 3 is 2.18 bits per heavy atom. The molecular weight excluding hydrogens is 253 g/mol. The fraction of sp³-hybridized carbons (Fsp3) is 0.857. The lowest BCUT2D eigenvalue weighted by atomic mass is 10.1. The zero-order valence-corrected chi connectivity index (χ0v) is 9.69. The monoisotopic (exact) mass is 269 g/mol. The maximum Gasteiger partial charge on any atom is 0.296 e. The third kappa shape index (κ3) is 2.94. The van der Waals surface area contributed by atoms with E-state index in [1.807, 2.05) is 0 Å². The van der Waals surface area contributed by atoms with Crippen molar-refractivity contribution in [2.24, 2.45) is 4.99 Å². The van der Waals surface area contributed by atoms with Gasteiger partial charge in [-0.3, -0.25) is 4.90 Å². The van der Waals surface area contributed by atoms with Crippen LogP contribution in [0.4, 0.5) is 0 Å². The number of hydrogen-bond donors (Lipinski definition) is 2. The first-order valence-corrected chi connectivity index (χ1v) is 3.64. The number of rotatable bonds is 0. The predicted octanol–water partition coefficient (Wildman–Crippen LogP) is -4.13. The average Bonchev–Trinajstić information content (AvgIpc) is 2.10. The second-order valence-electron chi connectivity index (χ2n) is 3.67. The summed E-state index contributed by atoms with van der Waals surface area (Å²) in [7, 11) is 4.15. The molecule has 0 bridgehead atoms. The van der Waals surface area contributed by atoms with E-state index in [2.05, 4.69) is 38.3 Å².